The molecule has 0 fully saturated rings. The van der Waals surface area contributed by atoms with Gasteiger partial charge in [-0.15, -0.1) is 0 Å². The zero-order valence-electron chi connectivity index (χ0n) is 26.0. The summed E-state index contributed by atoms with van der Waals surface area (Å²) in [5, 5.41) is 1.03. The summed E-state index contributed by atoms with van der Waals surface area (Å²) in [7, 11) is 0. The van der Waals surface area contributed by atoms with Crippen LogP contribution in [-0.4, -0.2) is 9.97 Å². The van der Waals surface area contributed by atoms with Crippen LogP contribution in [0, 0.1) is 0 Å². The Labute approximate surface area is 278 Å². The second kappa shape index (κ2) is 10.3. The molecule has 0 saturated heterocycles. The van der Waals surface area contributed by atoms with Gasteiger partial charge in [-0.2, -0.15) is 0 Å². The first-order chi connectivity index (χ1) is 23.8. The maximum Gasteiger partial charge on any atom is 0.160 e. The molecule has 2 heterocycles. The van der Waals surface area contributed by atoms with Gasteiger partial charge in [-0.25, -0.2) is 9.97 Å². The van der Waals surface area contributed by atoms with Crippen LogP contribution in [0.25, 0.3) is 55.8 Å². The lowest BCUT2D eigenvalue weighted by Gasteiger charge is -2.39. The molecule has 0 bridgehead atoms. The molecule has 224 valence electrons. The van der Waals surface area contributed by atoms with E-state index in [1.165, 1.54) is 33.4 Å². The van der Waals surface area contributed by atoms with E-state index in [4.69, 9.17) is 14.7 Å². The predicted octanol–water partition coefficient (Wildman–Crippen LogP) is 11.1. The number of fused-ring (bicyclic) bond motifs is 10. The number of nitrogens with zero attached hydrogens (tertiary/aromatic N) is 2. The lowest BCUT2D eigenvalue weighted by atomic mass is 9.66. The maximum absolute atomic E-state index is 6.51. The second-order valence-corrected chi connectivity index (χ2v) is 12.5. The number of aromatic nitrogens is 2. The molecule has 1 aliphatic carbocycles. The van der Waals surface area contributed by atoms with Crippen molar-refractivity contribution in [3.05, 3.63) is 192 Å². The van der Waals surface area contributed by atoms with Crippen LogP contribution < -0.4 is 4.74 Å². The Morgan fingerprint density at radius 2 is 0.958 bits per heavy atom. The molecule has 0 saturated carbocycles. The van der Waals surface area contributed by atoms with Crippen LogP contribution in [-0.2, 0) is 5.41 Å². The summed E-state index contributed by atoms with van der Waals surface area (Å²) in [6, 6.07) is 60.0. The molecule has 0 N–H and O–H groups in total. The minimum absolute atomic E-state index is 0.491. The van der Waals surface area contributed by atoms with Gasteiger partial charge in [-0.3, -0.25) is 0 Å². The van der Waals surface area contributed by atoms with E-state index in [9.17, 15) is 0 Å². The topological polar surface area (TPSA) is 35.0 Å². The van der Waals surface area contributed by atoms with E-state index in [0.29, 0.717) is 5.82 Å². The highest BCUT2D eigenvalue weighted by atomic mass is 16.5. The Morgan fingerprint density at radius 1 is 0.396 bits per heavy atom. The molecule has 0 amide bonds. The predicted molar refractivity (Wildman–Crippen MR) is 193 cm³/mol. The van der Waals surface area contributed by atoms with Crippen molar-refractivity contribution in [1.82, 2.24) is 9.97 Å². The van der Waals surface area contributed by atoms with E-state index in [1.54, 1.807) is 0 Å². The van der Waals surface area contributed by atoms with Crippen molar-refractivity contribution < 1.29 is 4.74 Å². The van der Waals surface area contributed by atoms with E-state index < -0.39 is 5.41 Å². The van der Waals surface area contributed by atoms with Gasteiger partial charge in [0, 0.05) is 27.6 Å². The molecular weight excluding hydrogens is 585 g/mol. The third-order valence-corrected chi connectivity index (χ3v) is 9.97. The average molecular weight is 613 g/mol. The molecule has 1 aromatic heterocycles. The molecule has 3 heteroatoms. The fraction of sp³-hybridized carbons (Fsp3) is 0.0222. The van der Waals surface area contributed by atoms with Gasteiger partial charge < -0.3 is 4.74 Å². The molecule has 7 aromatic carbocycles. The molecule has 2 aliphatic rings. The molecular formula is C45H28N2O. The third kappa shape index (κ3) is 3.82. The zero-order chi connectivity index (χ0) is 31.7. The van der Waals surface area contributed by atoms with Crippen molar-refractivity contribution in [3.63, 3.8) is 0 Å². The van der Waals surface area contributed by atoms with Gasteiger partial charge in [0.25, 0.3) is 0 Å². The Hall–Kier alpha value is -6.32. The summed E-state index contributed by atoms with van der Waals surface area (Å²) in [5.41, 5.74) is 13.1. The van der Waals surface area contributed by atoms with E-state index in [0.717, 1.165) is 50.3 Å². The highest BCUT2D eigenvalue weighted by Crippen LogP contribution is 2.62. The smallest absolute Gasteiger partial charge is 0.160 e. The number of hydrogen-bond acceptors (Lipinski definition) is 3. The van der Waals surface area contributed by atoms with E-state index in [2.05, 4.69) is 158 Å². The normalized spacial score (nSPS) is 13.3. The SMILES string of the molecule is c1ccc(-c2ccc(-c3nc(-c4ccc5c(c4)-c4ccccc4C54c5ccccc5Oc5ccccc54)c4ccccc4n3)cc2)cc1. The summed E-state index contributed by atoms with van der Waals surface area (Å²) in [5.74, 6) is 2.51. The van der Waals surface area contributed by atoms with Crippen molar-refractivity contribution in [3.8, 4) is 56.4 Å². The first-order valence-corrected chi connectivity index (χ1v) is 16.3. The highest BCUT2D eigenvalue weighted by Gasteiger charge is 2.50. The van der Waals surface area contributed by atoms with Gasteiger partial charge >= 0.3 is 0 Å². The number of hydrogen-bond donors (Lipinski definition) is 0. The Balaban J connectivity index is 1.18. The van der Waals surface area contributed by atoms with Crippen molar-refractivity contribution >= 4 is 10.9 Å². The van der Waals surface area contributed by atoms with Crippen LogP contribution in [0.15, 0.2) is 170 Å². The zero-order valence-corrected chi connectivity index (χ0v) is 26.0. The Kier molecular flexibility index (Phi) is 5.79. The average Bonchev–Trinajstić information content (AvgIpc) is 3.45. The molecule has 10 rings (SSSR count). The Bertz CT molecular complexity index is 2490. The first-order valence-electron chi connectivity index (χ1n) is 16.3. The van der Waals surface area contributed by atoms with Gasteiger partial charge in [-0.05, 0) is 57.6 Å². The molecule has 0 unspecified atom stereocenters. The standard InChI is InChI=1S/C45H28N2O/c1-2-12-29(13-3-1)30-22-24-31(25-23-30)44-46-40-19-9-5-15-34(40)43(47-44)32-26-27-37-35(28-32)33-14-4-6-16-36(33)45(37)38-17-7-10-20-41(38)48-42-21-11-8-18-39(42)45/h1-28H. The van der Waals surface area contributed by atoms with E-state index >= 15 is 0 Å². The van der Waals surface area contributed by atoms with Gasteiger partial charge in [-0.1, -0.05) is 146 Å². The van der Waals surface area contributed by atoms with Crippen LogP contribution in [0.5, 0.6) is 11.5 Å². The second-order valence-electron chi connectivity index (χ2n) is 12.5. The molecule has 3 nitrogen and oxygen atoms in total. The van der Waals surface area contributed by atoms with Crippen LogP contribution in [0.3, 0.4) is 0 Å². The number of ether oxygens (including phenoxy) is 1. The van der Waals surface area contributed by atoms with Gasteiger partial charge in [0.2, 0.25) is 0 Å². The fourth-order valence-corrected chi connectivity index (χ4v) is 7.87. The molecule has 1 spiro atoms. The largest absolute Gasteiger partial charge is 0.457 e. The monoisotopic (exact) mass is 612 g/mol. The Morgan fingerprint density at radius 3 is 1.73 bits per heavy atom. The molecule has 0 radical (unpaired) electrons. The molecule has 1 aliphatic heterocycles. The number of para-hydroxylation sites is 3. The van der Waals surface area contributed by atoms with Crippen LogP contribution >= 0.6 is 0 Å². The molecule has 0 atom stereocenters. The van der Waals surface area contributed by atoms with Crippen molar-refractivity contribution in [1.29, 1.82) is 0 Å². The van der Waals surface area contributed by atoms with Gasteiger partial charge in [0.15, 0.2) is 5.82 Å². The van der Waals surface area contributed by atoms with Crippen LogP contribution in [0.1, 0.15) is 22.3 Å². The molecule has 48 heavy (non-hydrogen) atoms. The highest BCUT2D eigenvalue weighted by molar-refractivity contribution is 5.96. The lowest BCUT2D eigenvalue weighted by molar-refractivity contribution is 0.436. The summed E-state index contributed by atoms with van der Waals surface area (Å²) in [6.45, 7) is 0. The minimum atomic E-state index is -0.491. The van der Waals surface area contributed by atoms with Gasteiger partial charge in [0.1, 0.15) is 11.5 Å². The summed E-state index contributed by atoms with van der Waals surface area (Å²) >= 11 is 0. The first kappa shape index (κ1) is 26.9. The third-order valence-electron chi connectivity index (χ3n) is 9.97. The maximum atomic E-state index is 6.51. The quantitative estimate of drug-likeness (QED) is 0.199. The van der Waals surface area contributed by atoms with Gasteiger partial charge in [0.05, 0.1) is 16.6 Å². The van der Waals surface area contributed by atoms with Crippen molar-refractivity contribution in [2.45, 2.75) is 5.41 Å². The number of benzene rings is 7. The molecule has 8 aromatic rings. The van der Waals surface area contributed by atoms with Crippen LogP contribution in [0.2, 0.25) is 0 Å². The van der Waals surface area contributed by atoms with E-state index in [-0.39, 0.29) is 0 Å². The minimum Gasteiger partial charge on any atom is -0.457 e. The van der Waals surface area contributed by atoms with Crippen molar-refractivity contribution in [2.75, 3.05) is 0 Å². The van der Waals surface area contributed by atoms with Crippen LogP contribution in [0.4, 0.5) is 0 Å². The summed E-state index contributed by atoms with van der Waals surface area (Å²) < 4.78 is 6.51. The summed E-state index contributed by atoms with van der Waals surface area (Å²) in [6.07, 6.45) is 0. The lowest BCUT2D eigenvalue weighted by Crippen LogP contribution is -2.32. The fourth-order valence-electron chi connectivity index (χ4n) is 7.87. The van der Waals surface area contributed by atoms with Crippen molar-refractivity contribution in [2.24, 2.45) is 0 Å². The van der Waals surface area contributed by atoms with E-state index in [1.807, 2.05) is 12.1 Å². The summed E-state index contributed by atoms with van der Waals surface area (Å²) in [4.78, 5) is 10.3. The number of rotatable bonds is 3.